The fourth-order valence-electron chi connectivity index (χ4n) is 2.08. The Morgan fingerprint density at radius 1 is 1.55 bits per heavy atom. The van der Waals surface area contributed by atoms with Crippen LogP contribution in [0.1, 0.15) is 13.3 Å². The Bertz CT molecular complexity index is 181. The van der Waals surface area contributed by atoms with Gasteiger partial charge in [0, 0.05) is 25.9 Å². The number of hydrogen-bond acceptors (Lipinski definition) is 3. The van der Waals surface area contributed by atoms with Gasteiger partial charge in [-0.2, -0.15) is 0 Å². The normalized spacial score (nSPS) is 41.0. The molecule has 0 aromatic carbocycles. The summed E-state index contributed by atoms with van der Waals surface area (Å²) in [6.07, 6.45) is 1.40. The maximum Gasteiger partial charge on any atom is 0.302 e. The van der Waals surface area contributed by atoms with E-state index in [0.29, 0.717) is 5.92 Å². The number of piperidine rings is 1. The third kappa shape index (κ3) is 1.25. The van der Waals surface area contributed by atoms with Gasteiger partial charge in [0.2, 0.25) is 0 Å². The van der Waals surface area contributed by atoms with E-state index in [1.54, 1.807) is 0 Å². The van der Waals surface area contributed by atoms with Crippen LogP contribution in [0.25, 0.3) is 0 Å². The maximum absolute atomic E-state index is 10.6. The molecule has 2 saturated heterocycles. The minimum Gasteiger partial charge on any atom is -0.461 e. The van der Waals surface area contributed by atoms with Crippen molar-refractivity contribution in [2.45, 2.75) is 19.4 Å². The Kier molecular flexibility index (Phi) is 1.60. The summed E-state index contributed by atoms with van der Waals surface area (Å²) in [4.78, 5) is 13.0. The highest BCUT2D eigenvalue weighted by molar-refractivity contribution is 5.66. The molecule has 0 aromatic rings. The number of nitrogens with zero attached hydrogens (tertiary/aromatic N) is 1. The average molecular weight is 155 g/mol. The van der Waals surface area contributed by atoms with E-state index < -0.39 is 0 Å². The first-order valence-electron chi connectivity index (χ1n) is 4.15. The van der Waals surface area contributed by atoms with Crippen LogP contribution in [0.4, 0.5) is 0 Å². The lowest BCUT2D eigenvalue weighted by molar-refractivity contribution is -0.148. The van der Waals surface area contributed by atoms with Crippen LogP contribution < -0.4 is 0 Å². The van der Waals surface area contributed by atoms with Gasteiger partial charge in [-0.25, -0.2) is 0 Å². The molecule has 2 fully saturated rings. The first-order valence-corrected chi connectivity index (χ1v) is 4.15. The predicted octanol–water partition coefficient (Wildman–Crippen LogP) is 0.254. The second kappa shape index (κ2) is 2.48. The quantitative estimate of drug-likeness (QED) is 0.508. The van der Waals surface area contributed by atoms with Crippen LogP contribution in [0.2, 0.25) is 0 Å². The lowest BCUT2D eigenvalue weighted by Gasteiger charge is -2.21. The molecule has 0 N–H and O–H groups in total. The fraction of sp³-hybridized carbons (Fsp3) is 0.875. The highest BCUT2D eigenvalue weighted by Gasteiger charge is 2.39. The van der Waals surface area contributed by atoms with Crippen LogP contribution in [-0.4, -0.2) is 36.6 Å². The number of fused-ring (bicyclic) bond motifs is 2. The van der Waals surface area contributed by atoms with Crippen LogP contribution in [0.3, 0.4) is 0 Å². The van der Waals surface area contributed by atoms with Gasteiger partial charge in [0.15, 0.2) is 0 Å². The van der Waals surface area contributed by atoms with Gasteiger partial charge in [0.25, 0.3) is 0 Å². The van der Waals surface area contributed by atoms with Crippen molar-refractivity contribution in [1.82, 2.24) is 4.90 Å². The fourth-order valence-corrected chi connectivity index (χ4v) is 2.08. The smallest absolute Gasteiger partial charge is 0.302 e. The summed E-state index contributed by atoms with van der Waals surface area (Å²) in [5.41, 5.74) is 0. The third-order valence-electron chi connectivity index (χ3n) is 2.59. The summed E-state index contributed by atoms with van der Waals surface area (Å²) in [5.74, 6) is 0.489. The van der Waals surface area contributed by atoms with Crippen LogP contribution >= 0.6 is 0 Å². The highest BCUT2D eigenvalue weighted by atomic mass is 16.5. The second-order valence-electron chi connectivity index (χ2n) is 3.46. The number of hydrogen-bond donors (Lipinski definition) is 0. The maximum atomic E-state index is 10.6. The van der Waals surface area contributed by atoms with Crippen molar-refractivity contribution < 1.29 is 9.53 Å². The molecule has 0 aliphatic carbocycles. The molecular weight excluding hydrogens is 142 g/mol. The van der Waals surface area contributed by atoms with Gasteiger partial charge in [-0.3, -0.25) is 9.69 Å². The van der Waals surface area contributed by atoms with Crippen LogP contribution in [0.5, 0.6) is 0 Å². The molecule has 2 heterocycles. The average Bonchev–Trinajstić information content (AvgIpc) is 2.45. The molecule has 0 aromatic heterocycles. The minimum atomic E-state index is -0.135. The molecule has 0 spiro atoms. The zero-order chi connectivity index (χ0) is 7.84. The number of carbonyl (C=O) groups excluding carboxylic acids is 1. The summed E-state index contributed by atoms with van der Waals surface area (Å²) in [6.45, 7) is 4.78. The lowest BCUT2D eigenvalue weighted by Crippen LogP contribution is -2.31. The Labute approximate surface area is 66.3 Å². The Morgan fingerprint density at radius 3 is 2.82 bits per heavy atom. The third-order valence-corrected chi connectivity index (χ3v) is 2.59. The molecule has 3 unspecified atom stereocenters. The van der Waals surface area contributed by atoms with Gasteiger partial charge < -0.3 is 4.74 Å². The summed E-state index contributed by atoms with van der Waals surface area (Å²) in [7, 11) is 0. The van der Waals surface area contributed by atoms with Crippen molar-refractivity contribution in [1.29, 1.82) is 0 Å². The van der Waals surface area contributed by atoms with Gasteiger partial charge in [0.05, 0.1) is 0 Å². The Morgan fingerprint density at radius 2 is 2.36 bits per heavy atom. The molecule has 62 valence electrons. The molecule has 0 amide bonds. The highest BCUT2D eigenvalue weighted by Crippen LogP contribution is 2.29. The van der Waals surface area contributed by atoms with Crippen molar-refractivity contribution in [2.24, 2.45) is 5.92 Å². The summed E-state index contributed by atoms with van der Waals surface area (Å²) >= 11 is 0. The molecule has 0 radical (unpaired) electrons. The molecule has 3 heteroatoms. The van der Waals surface area contributed by atoms with E-state index in [-0.39, 0.29) is 12.1 Å². The zero-order valence-corrected chi connectivity index (χ0v) is 6.75. The van der Waals surface area contributed by atoms with E-state index in [0.717, 1.165) is 13.1 Å². The van der Waals surface area contributed by atoms with Gasteiger partial charge >= 0.3 is 5.97 Å². The monoisotopic (exact) mass is 155 g/mol. The Balaban J connectivity index is 1.92. The van der Waals surface area contributed by atoms with Crippen LogP contribution in [0.15, 0.2) is 0 Å². The molecule has 2 rings (SSSR count). The summed E-state index contributed by atoms with van der Waals surface area (Å²) in [6, 6.07) is 0. The van der Waals surface area contributed by atoms with E-state index in [9.17, 15) is 4.79 Å². The van der Waals surface area contributed by atoms with Gasteiger partial charge in [-0.15, -0.1) is 0 Å². The van der Waals surface area contributed by atoms with Crippen molar-refractivity contribution in [3.63, 3.8) is 0 Å². The van der Waals surface area contributed by atoms with E-state index in [1.165, 1.54) is 19.9 Å². The second-order valence-corrected chi connectivity index (χ2v) is 3.46. The van der Waals surface area contributed by atoms with Gasteiger partial charge in [-0.1, -0.05) is 0 Å². The number of carbonyl (C=O) groups is 1. The number of ether oxygens (including phenoxy) is 1. The van der Waals surface area contributed by atoms with Gasteiger partial charge in [-0.05, 0) is 13.0 Å². The van der Waals surface area contributed by atoms with Crippen LogP contribution in [-0.2, 0) is 9.53 Å². The topological polar surface area (TPSA) is 29.5 Å². The van der Waals surface area contributed by atoms with Crippen molar-refractivity contribution >= 4 is 5.97 Å². The van der Waals surface area contributed by atoms with Crippen molar-refractivity contribution in [3.8, 4) is 0 Å². The molecule has 0 saturated carbocycles. The molecule has 2 aliphatic heterocycles. The van der Waals surface area contributed by atoms with Crippen molar-refractivity contribution in [3.05, 3.63) is 0 Å². The first-order chi connectivity index (χ1) is 5.25. The van der Waals surface area contributed by atoms with E-state index in [1.807, 2.05) is 0 Å². The molecular formula is C8H13NO2. The largest absolute Gasteiger partial charge is 0.461 e. The molecule has 3 nitrogen and oxygen atoms in total. The van der Waals surface area contributed by atoms with E-state index in [2.05, 4.69) is 4.90 Å². The first kappa shape index (κ1) is 7.10. The molecule has 2 aliphatic rings. The zero-order valence-electron chi connectivity index (χ0n) is 6.75. The standard InChI is InChI=1S/C8H13NO2/c1-6(10)11-8-5-9-3-2-7(8)4-9/h7-8H,2-5H2,1H3. The van der Waals surface area contributed by atoms with E-state index >= 15 is 0 Å². The van der Waals surface area contributed by atoms with Crippen LogP contribution in [0, 0.1) is 5.92 Å². The molecule has 3 atom stereocenters. The number of rotatable bonds is 1. The lowest BCUT2D eigenvalue weighted by atomic mass is 10.0. The predicted molar refractivity (Wildman–Crippen MR) is 40.1 cm³/mol. The molecule has 2 bridgehead atoms. The number of esters is 1. The Hall–Kier alpha value is -0.570. The van der Waals surface area contributed by atoms with Crippen molar-refractivity contribution in [2.75, 3.05) is 19.6 Å². The van der Waals surface area contributed by atoms with Gasteiger partial charge in [0.1, 0.15) is 6.10 Å². The SMILES string of the molecule is CC(=O)OC1CN2CCC1C2. The minimum absolute atomic E-state index is 0.135. The summed E-state index contributed by atoms with van der Waals surface area (Å²) in [5, 5.41) is 0. The van der Waals surface area contributed by atoms with E-state index in [4.69, 9.17) is 4.74 Å². The molecule has 11 heavy (non-hydrogen) atoms. The summed E-state index contributed by atoms with van der Waals surface area (Å²) < 4.78 is 5.16.